The summed E-state index contributed by atoms with van der Waals surface area (Å²) in [5.41, 5.74) is 0.0228. The number of hydrogen-bond acceptors (Lipinski definition) is 5. The highest BCUT2D eigenvalue weighted by molar-refractivity contribution is 5.94. The van der Waals surface area contributed by atoms with Gasteiger partial charge in [-0.3, -0.25) is 9.59 Å². The van der Waals surface area contributed by atoms with Crippen LogP contribution in [-0.2, 0) is 9.59 Å². The fourth-order valence-electron chi connectivity index (χ4n) is 4.28. The third-order valence-corrected chi connectivity index (χ3v) is 6.28. The molecule has 4 rings (SSSR count). The monoisotopic (exact) mass is 546 g/mol. The van der Waals surface area contributed by atoms with Crippen LogP contribution >= 0.6 is 0 Å². The first-order valence-corrected chi connectivity index (χ1v) is 11.4. The Labute approximate surface area is 213 Å². The lowest BCUT2D eigenvalue weighted by atomic mass is 9.85. The molecule has 0 atom stereocenters. The Morgan fingerprint density at radius 2 is 1.68 bits per heavy atom. The van der Waals surface area contributed by atoms with Crippen LogP contribution in [0, 0.1) is 17.5 Å². The molecule has 0 aliphatic carbocycles. The second-order valence-corrected chi connectivity index (χ2v) is 8.63. The molecule has 8 nitrogen and oxygen atoms in total. The summed E-state index contributed by atoms with van der Waals surface area (Å²) in [6.45, 7) is 2.52. The second kappa shape index (κ2) is 11.7. The number of carbonyl (C=O) groups excluding carboxylic acids is 2. The minimum Gasteiger partial charge on any atom is -0.475 e. The van der Waals surface area contributed by atoms with E-state index < -0.39 is 35.2 Å². The van der Waals surface area contributed by atoms with E-state index in [0.717, 1.165) is 12.1 Å². The fourth-order valence-corrected chi connectivity index (χ4v) is 4.28. The Hall–Kier alpha value is -3.81. The number of carboxylic acid groups (broad SMARTS) is 1. The van der Waals surface area contributed by atoms with Crippen molar-refractivity contribution in [3.63, 3.8) is 0 Å². The van der Waals surface area contributed by atoms with Crippen LogP contribution in [-0.4, -0.2) is 72.4 Å². The Kier molecular flexibility index (Phi) is 8.86. The van der Waals surface area contributed by atoms with E-state index in [4.69, 9.17) is 9.90 Å². The number of anilines is 1. The molecule has 0 aromatic heterocycles. The number of halogens is 6. The molecule has 14 heteroatoms. The van der Waals surface area contributed by atoms with Gasteiger partial charge in [0.2, 0.25) is 5.91 Å². The summed E-state index contributed by atoms with van der Waals surface area (Å²) in [4.78, 5) is 37.7. The van der Waals surface area contributed by atoms with Crippen molar-refractivity contribution in [1.82, 2.24) is 15.5 Å². The van der Waals surface area contributed by atoms with Gasteiger partial charge in [-0.1, -0.05) is 6.07 Å². The van der Waals surface area contributed by atoms with Crippen molar-refractivity contribution in [2.24, 2.45) is 0 Å². The van der Waals surface area contributed by atoms with Gasteiger partial charge < -0.3 is 25.5 Å². The van der Waals surface area contributed by atoms with E-state index in [1.807, 2.05) is 4.90 Å². The lowest BCUT2D eigenvalue weighted by molar-refractivity contribution is -0.192. The van der Waals surface area contributed by atoms with E-state index in [1.54, 1.807) is 12.1 Å². The van der Waals surface area contributed by atoms with Crippen LogP contribution in [0.25, 0.3) is 0 Å². The normalized spacial score (nSPS) is 17.0. The van der Waals surface area contributed by atoms with E-state index in [9.17, 15) is 35.9 Å². The first-order valence-electron chi connectivity index (χ1n) is 11.4. The van der Waals surface area contributed by atoms with Crippen LogP contribution in [0.5, 0.6) is 0 Å². The lowest BCUT2D eigenvalue weighted by Crippen LogP contribution is -2.57. The molecule has 1 spiro atoms. The van der Waals surface area contributed by atoms with E-state index in [1.165, 1.54) is 18.2 Å². The maximum Gasteiger partial charge on any atom is 0.490 e. The number of piperidine rings is 1. The molecule has 2 aliphatic rings. The molecule has 2 fully saturated rings. The van der Waals surface area contributed by atoms with Gasteiger partial charge in [0.1, 0.15) is 11.4 Å². The van der Waals surface area contributed by atoms with E-state index in [-0.39, 0.29) is 17.3 Å². The number of amides is 2. The van der Waals surface area contributed by atoms with E-state index in [2.05, 4.69) is 15.5 Å². The standard InChI is InChI=1S/C22H23F3N4O2.C2HF3O2/c23-16-2-1-3-17(13-16)29-14-27-21(31)22(29)6-9-28(10-7-22)11-8-26-20(30)15-4-5-18(24)19(25)12-15;3-2(4,5)1(6)7/h1-5,12-13H,6-11,14H2,(H,26,30)(H,27,31);(H,6,7). The second-order valence-electron chi connectivity index (χ2n) is 8.63. The molecule has 206 valence electrons. The number of nitrogens with one attached hydrogen (secondary N) is 2. The Morgan fingerprint density at radius 3 is 2.26 bits per heavy atom. The first-order chi connectivity index (χ1) is 17.8. The third-order valence-electron chi connectivity index (χ3n) is 6.28. The van der Waals surface area contributed by atoms with Crippen LogP contribution in [0.1, 0.15) is 23.2 Å². The lowest BCUT2D eigenvalue weighted by Gasteiger charge is -2.43. The Bertz CT molecular complexity index is 1180. The van der Waals surface area contributed by atoms with Gasteiger partial charge in [0.05, 0.1) is 6.67 Å². The largest absolute Gasteiger partial charge is 0.490 e. The number of carbonyl (C=O) groups is 3. The summed E-state index contributed by atoms with van der Waals surface area (Å²) in [5, 5.41) is 12.7. The molecule has 0 unspecified atom stereocenters. The minimum atomic E-state index is -5.08. The van der Waals surface area contributed by atoms with Gasteiger partial charge in [-0.25, -0.2) is 18.0 Å². The quantitative estimate of drug-likeness (QED) is 0.499. The summed E-state index contributed by atoms with van der Waals surface area (Å²) in [7, 11) is 0. The zero-order valence-corrected chi connectivity index (χ0v) is 19.8. The molecule has 2 amide bonds. The molecule has 2 saturated heterocycles. The molecular weight excluding hydrogens is 522 g/mol. The minimum absolute atomic E-state index is 0.0527. The summed E-state index contributed by atoms with van der Waals surface area (Å²) in [6.07, 6.45) is -3.93. The number of likely N-dealkylation sites (tertiary alicyclic amines) is 1. The van der Waals surface area contributed by atoms with Crippen molar-refractivity contribution in [3.8, 4) is 0 Å². The molecule has 0 radical (unpaired) electrons. The smallest absolute Gasteiger partial charge is 0.475 e. The van der Waals surface area contributed by atoms with Crippen molar-refractivity contribution in [2.45, 2.75) is 24.6 Å². The van der Waals surface area contributed by atoms with Gasteiger partial charge in [0.25, 0.3) is 5.91 Å². The molecule has 0 saturated carbocycles. The number of aliphatic carboxylic acids is 1. The van der Waals surface area contributed by atoms with Crippen molar-refractivity contribution in [3.05, 3.63) is 65.5 Å². The topological polar surface area (TPSA) is 102 Å². The molecular formula is C24H24F6N4O4. The van der Waals surface area contributed by atoms with Gasteiger partial charge in [-0.15, -0.1) is 0 Å². The maximum atomic E-state index is 13.7. The predicted molar refractivity (Wildman–Crippen MR) is 123 cm³/mol. The zero-order valence-electron chi connectivity index (χ0n) is 19.8. The predicted octanol–water partition coefficient (Wildman–Crippen LogP) is 2.90. The van der Waals surface area contributed by atoms with Crippen LogP contribution in [0.15, 0.2) is 42.5 Å². The molecule has 2 aromatic carbocycles. The van der Waals surface area contributed by atoms with Gasteiger partial charge in [0.15, 0.2) is 11.6 Å². The first kappa shape index (κ1) is 28.8. The highest BCUT2D eigenvalue weighted by atomic mass is 19.4. The van der Waals surface area contributed by atoms with Crippen LogP contribution in [0.3, 0.4) is 0 Å². The van der Waals surface area contributed by atoms with E-state index in [0.29, 0.717) is 51.4 Å². The summed E-state index contributed by atoms with van der Waals surface area (Å²) < 4.78 is 71.7. The summed E-state index contributed by atoms with van der Waals surface area (Å²) in [6, 6.07) is 9.26. The molecule has 2 aliphatic heterocycles. The summed E-state index contributed by atoms with van der Waals surface area (Å²) >= 11 is 0. The molecule has 2 heterocycles. The van der Waals surface area contributed by atoms with Crippen molar-refractivity contribution in [1.29, 1.82) is 0 Å². The average molecular weight is 546 g/mol. The van der Waals surface area contributed by atoms with Crippen LogP contribution in [0.2, 0.25) is 0 Å². The van der Waals surface area contributed by atoms with Gasteiger partial charge >= 0.3 is 12.1 Å². The SMILES string of the molecule is O=C(NCCN1CCC2(CC1)C(=O)NCN2c1cccc(F)c1)c1ccc(F)c(F)c1.O=C(O)C(F)(F)F. The highest BCUT2D eigenvalue weighted by Gasteiger charge is 2.50. The van der Waals surface area contributed by atoms with Crippen molar-refractivity contribution >= 4 is 23.5 Å². The van der Waals surface area contributed by atoms with Gasteiger partial charge in [-0.05, 0) is 49.2 Å². The van der Waals surface area contributed by atoms with Crippen LogP contribution in [0.4, 0.5) is 32.0 Å². The number of rotatable bonds is 5. The Balaban J connectivity index is 0.000000505. The molecule has 0 bridgehead atoms. The Morgan fingerprint density at radius 1 is 1.03 bits per heavy atom. The number of alkyl halides is 3. The summed E-state index contributed by atoms with van der Waals surface area (Å²) in [5.74, 6) is -5.69. The van der Waals surface area contributed by atoms with Gasteiger partial charge in [-0.2, -0.15) is 13.2 Å². The van der Waals surface area contributed by atoms with Crippen molar-refractivity contribution in [2.75, 3.05) is 37.7 Å². The molecule has 3 N–H and O–H groups in total. The molecule has 38 heavy (non-hydrogen) atoms. The number of hydrogen-bond donors (Lipinski definition) is 3. The zero-order chi connectivity index (χ0) is 28.1. The third kappa shape index (κ3) is 6.73. The highest BCUT2D eigenvalue weighted by Crippen LogP contribution is 2.36. The average Bonchev–Trinajstić information content (AvgIpc) is 3.17. The van der Waals surface area contributed by atoms with Gasteiger partial charge in [0, 0.05) is 37.4 Å². The number of nitrogens with zero attached hydrogens (tertiary/aromatic N) is 2. The van der Waals surface area contributed by atoms with Crippen molar-refractivity contribution < 1.29 is 45.8 Å². The molecule has 2 aromatic rings. The van der Waals surface area contributed by atoms with E-state index >= 15 is 0 Å². The number of benzene rings is 2. The maximum absolute atomic E-state index is 13.7. The fraction of sp³-hybridized carbons (Fsp3) is 0.375. The van der Waals surface area contributed by atoms with Crippen LogP contribution < -0.4 is 15.5 Å². The number of carboxylic acids is 1.